The van der Waals surface area contributed by atoms with Gasteiger partial charge in [-0.05, 0) is 73.1 Å². The maximum atomic E-state index is 9.46. The molecular weight excluding hydrogens is 472 g/mol. The molecule has 1 heterocycles. The van der Waals surface area contributed by atoms with Crippen LogP contribution >= 0.6 is 0 Å². The fourth-order valence-corrected chi connectivity index (χ4v) is 5.10. The summed E-state index contributed by atoms with van der Waals surface area (Å²) in [7, 11) is 0. The molecule has 0 bridgehead atoms. The smallest absolute Gasteiger partial charge is 0.136 e. The van der Waals surface area contributed by atoms with Crippen molar-refractivity contribution in [3.63, 3.8) is 0 Å². The van der Waals surface area contributed by atoms with Gasteiger partial charge in [0.1, 0.15) is 11.2 Å². The quantitative estimate of drug-likeness (QED) is 0.214. The van der Waals surface area contributed by atoms with Crippen molar-refractivity contribution < 1.29 is 27.7 Å². The van der Waals surface area contributed by atoms with Crippen LogP contribution in [0.15, 0.2) is 150 Å². The molecule has 182 valence electrons. The number of fused-ring (bicyclic) bond motifs is 5. The van der Waals surface area contributed by atoms with Crippen molar-refractivity contribution in [3.8, 4) is 33.4 Å². The van der Waals surface area contributed by atoms with Crippen molar-refractivity contribution >= 4 is 43.5 Å². The van der Waals surface area contributed by atoms with E-state index in [9.17, 15) is 2.74 Å². The van der Waals surface area contributed by atoms with Gasteiger partial charge in [0.25, 0.3) is 0 Å². The number of rotatable bonds is 3. The van der Waals surface area contributed by atoms with Gasteiger partial charge in [-0.3, -0.25) is 0 Å². The topological polar surface area (TPSA) is 13.1 Å². The van der Waals surface area contributed by atoms with Crippen LogP contribution in [0.3, 0.4) is 0 Å². The van der Waals surface area contributed by atoms with E-state index in [0.717, 1.165) is 0 Å². The van der Waals surface area contributed by atoms with Crippen molar-refractivity contribution in [2.24, 2.45) is 0 Å². The van der Waals surface area contributed by atoms with E-state index < -0.39 is 48.3 Å². The van der Waals surface area contributed by atoms with E-state index in [2.05, 4.69) is 0 Å². The first-order valence-electron chi connectivity index (χ1n) is 20.4. The van der Waals surface area contributed by atoms with Gasteiger partial charge < -0.3 is 4.42 Å². The standard InChI is InChI=1S/C38H24O/c1-2-12-25(13-3-1)26-14-10-15-27(24-26)36-28-16-4-6-18-30(28)37(31-19-7-5-17-29(31)36)33-21-11-23-35-38(33)32-20-8-9-22-34(32)39-35/h1-24H/i1D,2D,3D,4D,5D,6D,7D,8D,9D,10D,11D,15D,20D,21D,22D,23D,24D. The molecule has 1 aromatic heterocycles. The SMILES string of the molecule is [2H]c1cc2c(-c3c([2H])c([2H])cc(-c4cc([2H])c([2H])c([2H])c4)c3[2H])c3cc([2H])c([2H])cc3c(-c3c([2H])c([2H])c([2H])c4oc5c([2H])c([2H])c([2H])c([2H])c5c34)c2cc1[2H]. The third kappa shape index (κ3) is 3.41. The molecule has 0 atom stereocenters. The molecule has 0 radical (unpaired) electrons. The molecule has 7 aromatic carbocycles. The van der Waals surface area contributed by atoms with Crippen molar-refractivity contribution in [2.75, 3.05) is 0 Å². The third-order valence-electron chi connectivity index (χ3n) is 6.72. The number of furan rings is 1. The highest BCUT2D eigenvalue weighted by Crippen LogP contribution is 2.47. The molecule has 0 spiro atoms. The molecule has 0 saturated carbocycles. The van der Waals surface area contributed by atoms with E-state index in [-0.39, 0.29) is 131 Å². The van der Waals surface area contributed by atoms with E-state index in [1.165, 1.54) is 42.5 Å². The molecule has 0 N–H and O–H groups in total. The molecule has 0 saturated heterocycles. The number of hydrogen-bond donors (Lipinski definition) is 0. The average molecular weight is 514 g/mol. The zero-order chi connectivity index (χ0) is 40.6. The van der Waals surface area contributed by atoms with Crippen molar-refractivity contribution in [2.45, 2.75) is 0 Å². The first kappa shape index (κ1) is 10.9. The van der Waals surface area contributed by atoms with E-state index >= 15 is 0 Å². The summed E-state index contributed by atoms with van der Waals surface area (Å²) in [4.78, 5) is 0. The minimum atomic E-state index is -0.631. The van der Waals surface area contributed by atoms with Crippen LogP contribution in [-0.2, 0) is 0 Å². The van der Waals surface area contributed by atoms with E-state index in [4.69, 9.17) is 25.0 Å². The largest absolute Gasteiger partial charge is 0.456 e. The number of benzene rings is 7. The van der Waals surface area contributed by atoms with Crippen LogP contribution in [0.4, 0.5) is 0 Å². The normalized spacial score (nSPS) is 17.7. The van der Waals surface area contributed by atoms with Gasteiger partial charge in [-0.15, -0.1) is 0 Å². The van der Waals surface area contributed by atoms with Gasteiger partial charge in [-0.1, -0.05) is 127 Å². The van der Waals surface area contributed by atoms with Gasteiger partial charge in [-0.25, -0.2) is 0 Å². The van der Waals surface area contributed by atoms with Crippen LogP contribution < -0.4 is 0 Å². The Bertz CT molecular complexity index is 3020. The summed E-state index contributed by atoms with van der Waals surface area (Å²) in [6.07, 6.45) is 0. The Morgan fingerprint density at radius 3 is 1.77 bits per heavy atom. The van der Waals surface area contributed by atoms with E-state index in [0.29, 0.717) is 0 Å². The monoisotopic (exact) mass is 513 g/mol. The van der Waals surface area contributed by atoms with Crippen molar-refractivity contribution in [3.05, 3.63) is 145 Å². The Hall–Kier alpha value is -5.14. The summed E-state index contributed by atoms with van der Waals surface area (Å²) < 4.78 is 153. The second-order valence-electron chi connectivity index (χ2n) is 8.80. The summed E-state index contributed by atoms with van der Waals surface area (Å²) >= 11 is 0. The molecule has 0 aliphatic heterocycles. The van der Waals surface area contributed by atoms with Crippen LogP contribution in [-0.4, -0.2) is 0 Å². The second-order valence-corrected chi connectivity index (χ2v) is 8.80. The van der Waals surface area contributed by atoms with Gasteiger partial charge in [-0.2, -0.15) is 0 Å². The zero-order valence-electron chi connectivity index (χ0n) is 36.9. The summed E-state index contributed by atoms with van der Waals surface area (Å²) in [6, 6.07) is 1.41. The maximum absolute atomic E-state index is 9.46. The Balaban J connectivity index is 1.65. The number of para-hydroxylation sites is 1. The lowest BCUT2D eigenvalue weighted by molar-refractivity contribution is 0.669. The molecular formula is C38H24O. The molecule has 39 heavy (non-hydrogen) atoms. The molecule has 0 aliphatic carbocycles. The molecule has 8 aromatic rings. The van der Waals surface area contributed by atoms with Crippen LogP contribution in [0.5, 0.6) is 0 Å². The van der Waals surface area contributed by atoms with Crippen molar-refractivity contribution in [1.29, 1.82) is 0 Å². The minimum Gasteiger partial charge on any atom is -0.456 e. The number of hydrogen-bond acceptors (Lipinski definition) is 1. The molecule has 8 rings (SSSR count). The predicted octanol–water partition coefficient (Wildman–Crippen LogP) is 10.9. The molecule has 1 nitrogen and oxygen atoms in total. The first-order chi connectivity index (χ1) is 26.3. The zero-order valence-corrected chi connectivity index (χ0v) is 19.9. The molecule has 1 heteroatoms. The van der Waals surface area contributed by atoms with Gasteiger partial charge in [0.05, 0.1) is 23.3 Å². The van der Waals surface area contributed by atoms with Crippen LogP contribution in [0.2, 0.25) is 0 Å². The summed E-state index contributed by atoms with van der Waals surface area (Å²) in [6.45, 7) is 0. The first-order valence-corrected chi connectivity index (χ1v) is 11.9. The molecule has 0 fully saturated rings. The lowest BCUT2D eigenvalue weighted by Gasteiger charge is -2.18. The fraction of sp³-hybridized carbons (Fsp3) is 0. The van der Waals surface area contributed by atoms with Crippen LogP contribution in [0.25, 0.3) is 76.9 Å². The minimum absolute atomic E-state index is 0.0309. The Morgan fingerprint density at radius 2 is 1.03 bits per heavy atom. The van der Waals surface area contributed by atoms with E-state index in [1.54, 1.807) is 0 Å². The molecule has 0 aliphatic rings. The van der Waals surface area contributed by atoms with E-state index in [1.807, 2.05) is 0 Å². The predicted molar refractivity (Wildman–Crippen MR) is 165 cm³/mol. The van der Waals surface area contributed by atoms with Gasteiger partial charge in [0.15, 0.2) is 0 Å². The lowest BCUT2D eigenvalue weighted by atomic mass is 9.84. The maximum Gasteiger partial charge on any atom is 0.136 e. The summed E-state index contributed by atoms with van der Waals surface area (Å²) in [5, 5.41) is 0.0558. The Labute approximate surface area is 250 Å². The summed E-state index contributed by atoms with van der Waals surface area (Å²) in [5.74, 6) is 0. The third-order valence-corrected chi connectivity index (χ3v) is 6.72. The fourth-order valence-electron chi connectivity index (χ4n) is 5.10. The van der Waals surface area contributed by atoms with Crippen LogP contribution in [0, 0.1) is 0 Å². The average Bonchev–Trinajstić information content (AvgIpc) is 3.55. The van der Waals surface area contributed by atoms with Gasteiger partial charge in [0, 0.05) is 10.8 Å². The Kier molecular flexibility index (Phi) is 2.44. The highest BCUT2D eigenvalue weighted by Gasteiger charge is 2.20. The Morgan fingerprint density at radius 1 is 0.410 bits per heavy atom. The van der Waals surface area contributed by atoms with Crippen LogP contribution in [0.1, 0.15) is 23.3 Å². The lowest BCUT2D eigenvalue weighted by Crippen LogP contribution is -1.91. The molecule has 0 amide bonds. The molecule has 0 unspecified atom stereocenters. The van der Waals surface area contributed by atoms with Gasteiger partial charge >= 0.3 is 0 Å². The van der Waals surface area contributed by atoms with Gasteiger partial charge in [0.2, 0.25) is 0 Å². The second kappa shape index (κ2) is 8.72. The highest BCUT2D eigenvalue weighted by molar-refractivity contribution is 6.25. The highest BCUT2D eigenvalue weighted by atomic mass is 16.3. The summed E-state index contributed by atoms with van der Waals surface area (Å²) in [5.41, 5.74) is -0.710. The van der Waals surface area contributed by atoms with Crippen molar-refractivity contribution in [1.82, 2.24) is 0 Å².